The Balaban J connectivity index is 0.000000189. The van der Waals surface area contributed by atoms with Crippen molar-refractivity contribution in [2.45, 2.75) is 49.6 Å². The van der Waals surface area contributed by atoms with Crippen LogP contribution in [0, 0.1) is 0 Å². The molecule has 0 unspecified atom stereocenters. The molecule has 0 bridgehead atoms. The third-order valence-corrected chi connectivity index (χ3v) is 9.24. The Morgan fingerprint density at radius 2 is 1.33 bits per heavy atom. The first-order chi connectivity index (χ1) is 20.0. The monoisotopic (exact) mass is 650 g/mol. The van der Waals surface area contributed by atoms with Crippen molar-refractivity contribution in [2.24, 2.45) is 11.5 Å². The van der Waals surface area contributed by atoms with E-state index in [2.05, 4.69) is 30.2 Å². The number of benzene rings is 2. The number of hydrogen-bond acceptors (Lipinski definition) is 7. The maximum Gasteiger partial charge on any atom is 0.325 e. The van der Waals surface area contributed by atoms with Gasteiger partial charge in [0.1, 0.15) is 11.8 Å². The van der Waals surface area contributed by atoms with Crippen molar-refractivity contribution < 1.29 is 0 Å². The molecule has 4 heterocycles. The van der Waals surface area contributed by atoms with Gasteiger partial charge >= 0.3 is 5.69 Å². The van der Waals surface area contributed by atoms with E-state index in [1.54, 1.807) is 12.1 Å². The number of piperidine rings is 2. The third kappa shape index (κ3) is 7.58. The molecular formula is C29H34Cl4N8O. The molecule has 2 aliphatic rings. The predicted molar refractivity (Wildman–Crippen MR) is 172 cm³/mol. The molecule has 0 radical (unpaired) electrons. The zero-order valence-electron chi connectivity index (χ0n) is 23.0. The van der Waals surface area contributed by atoms with E-state index in [4.69, 9.17) is 57.9 Å². The Morgan fingerprint density at radius 3 is 1.88 bits per heavy atom. The molecule has 2 aromatic heterocycles. The smallest absolute Gasteiger partial charge is 0.325 e. The molecule has 2 fully saturated rings. The van der Waals surface area contributed by atoms with E-state index >= 15 is 0 Å². The molecule has 2 aromatic carbocycles. The van der Waals surface area contributed by atoms with Crippen LogP contribution in [0.25, 0.3) is 11.2 Å². The second-order valence-corrected chi connectivity index (χ2v) is 13.0. The van der Waals surface area contributed by atoms with Crippen molar-refractivity contribution in [1.29, 1.82) is 0 Å². The first kappa shape index (κ1) is 31.1. The number of anilines is 1. The second-order valence-electron chi connectivity index (χ2n) is 11.3. The van der Waals surface area contributed by atoms with Gasteiger partial charge in [0.2, 0.25) is 0 Å². The quantitative estimate of drug-likeness (QED) is 0.202. The number of aromatic nitrogens is 4. The van der Waals surface area contributed by atoms with E-state index in [1.165, 1.54) is 6.33 Å². The van der Waals surface area contributed by atoms with E-state index in [0.29, 0.717) is 32.7 Å². The van der Waals surface area contributed by atoms with E-state index in [1.807, 2.05) is 24.3 Å². The number of nitrogens with zero attached hydrogens (tertiary/aromatic N) is 3. The van der Waals surface area contributed by atoms with Crippen LogP contribution in [0.3, 0.4) is 0 Å². The van der Waals surface area contributed by atoms with E-state index in [-0.39, 0.29) is 16.8 Å². The second kappa shape index (κ2) is 13.1. The van der Waals surface area contributed by atoms with E-state index in [0.717, 1.165) is 80.3 Å². The largest absolute Gasteiger partial charge is 0.355 e. The van der Waals surface area contributed by atoms with Crippen molar-refractivity contribution in [3.05, 3.63) is 84.4 Å². The summed E-state index contributed by atoms with van der Waals surface area (Å²) in [6, 6.07) is 11.1. The molecule has 2 saturated heterocycles. The molecule has 0 amide bonds. The van der Waals surface area contributed by atoms with Crippen LogP contribution in [-0.4, -0.2) is 57.2 Å². The Kier molecular flexibility index (Phi) is 9.69. The molecule has 6 rings (SSSR count). The first-order valence-electron chi connectivity index (χ1n) is 13.9. The molecule has 0 aliphatic carbocycles. The molecule has 0 saturated carbocycles. The number of hydrogen-bond donors (Lipinski definition) is 5. The Labute approximate surface area is 264 Å². The van der Waals surface area contributed by atoms with Crippen LogP contribution in [0.5, 0.6) is 0 Å². The molecule has 4 aromatic rings. The van der Waals surface area contributed by atoms with Crippen LogP contribution in [0.15, 0.2) is 47.5 Å². The van der Waals surface area contributed by atoms with Crippen LogP contribution in [0.1, 0.15) is 36.8 Å². The molecule has 224 valence electrons. The Bertz CT molecular complexity index is 1590. The number of aromatic amines is 2. The lowest BCUT2D eigenvalue weighted by atomic mass is 9.83. The zero-order chi connectivity index (χ0) is 29.9. The fraction of sp³-hybridized carbons (Fsp3) is 0.414. The Morgan fingerprint density at radius 1 is 0.786 bits per heavy atom. The zero-order valence-corrected chi connectivity index (χ0v) is 26.1. The van der Waals surface area contributed by atoms with Crippen molar-refractivity contribution in [3.63, 3.8) is 0 Å². The minimum Gasteiger partial charge on any atom is -0.355 e. The third-order valence-electron chi connectivity index (χ3n) is 8.07. The number of fused-ring (bicyclic) bond motifs is 1. The number of rotatable bonds is 5. The highest BCUT2D eigenvalue weighted by atomic mass is 35.5. The number of imidazole rings is 1. The van der Waals surface area contributed by atoms with Crippen molar-refractivity contribution in [3.8, 4) is 0 Å². The fourth-order valence-electron chi connectivity index (χ4n) is 5.61. The van der Waals surface area contributed by atoms with Gasteiger partial charge < -0.3 is 26.7 Å². The van der Waals surface area contributed by atoms with Crippen molar-refractivity contribution >= 4 is 63.4 Å². The van der Waals surface area contributed by atoms with Gasteiger partial charge in [-0.1, -0.05) is 58.5 Å². The lowest BCUT2D eigenvalue weighted by Gasteiger charge is -2.40. The summed E-state index contributed by atoms with van der Waals surface area (Å²) in [5.74, 6) is 0.722. The highest BCUT2D eigenvalue weighted by Crippen LogP contribution is 2.32. The molecule has 42 heavy (non-hydrogen) atoms. The van der Waals surface area contributed by atoms with Crippen LogP contribution in [0.2, 0.25) is 20.1 Å². The van der Waals surface area contributed by atoms with Gasteiger partial charge in [-0.25, -0.2) is 14.8 Å². The van der Waals surface area contributed by atoms with Gasteiger partial charge in [-0.15, -0.1) is 0 Å². The summed E-state index contributed by atoms with van der Waals surface area (Å²) in [6.07, 6.45) is 6.52. The molecule has 2 aliphatic heterocycles. The number of nitrogens with one attached hydrogen (secondary N) is 3. The van der Waals surface area contributed by atoms with Gasteiger partial charge in [0, 0.05) is 44.3 Å². The SMILES string of the molecule is NC1(Cc2ccc(Cl)cc2Cl)CCN(c2ncnc3[nH]c(=O)[nH]c23)CC1.NC1(Cc2ccc(Cl)cc2Cl)CCNCC1. The van der Waals surface area contributed by atoms with E-state index < -0.39 is 0 Å². The van der Waals surface area contributed by atoms with Crippen LogP contribution in [0.4, 0.5) is 5.82 Å². The maximum absolute atomic E-state index is 11.5. The lowest BCUT2D eigenvalue weighted by molar-refractivity contribution is 0.308. The van der Waals surface area contributed by atoms with Crippen molar-refractivity contribution in [2.75, 3.05) is 31.1 Å². The topological polar surface area (TPSA) is 142 Å². The number of halogens is 4. The molecule has 9 nitrogen and oxygen atoms in total. The van der Waals surface area contributed by atoms with Gasteiger partial charge in [0.25, 0.3) is 0 Å². The normalized spacial score (nSPS) is 18.0. The molecule has 0 spiro atoms. The summed E-state index contributed by atoms with van der Waals surface area (Å²) in [7, 11) is 0. The minimum absolute atomic E-state index is 0.122. The number of nitrogens with two attached hydrogens (primary N) is 2. The fourth-order valence-corrected chi connectivity index (χ4v) is 6.56. The standard InChI is InChI=1S/C17H18Cl2N6O.C12H16Cl2N2/c18-11-2-1-10(12(19)7-11)8-17(20)3-5-25(6-4-17)15-13-14(21-9-22-15)24-16(26)23-13;13-10-2-1-9(11(14)7-10)8-12(15)3-5-16-6-4-12/h1-2,7,9H,3-6,8,20H2,(H2,21,22,23,24,26);1-2,7,16H,3-6,8,15H2. The summed E-state index contributed by atoms with van der Waals surface area (Å²) in [4.78, 5) is 27.5. The van der Waals surface area contributed by atoms with Gasteiger partial charge in [-0.3, -0.25) is 4.98 Å². The van der Waals surface area contributed by atoms with Crippen LogP contribution in [-0.2, 0) is 12.8 Å². The van der Waals surface area contributed by atoms with Gasteiger partial charge in [0.15, 0.2) is 11.5 Å². The van der Waals surface area contributed by atoms with Gasteiger partial charge in [-0.2, -0.15) is 0 Å². The van der Waals surface area contributed by atoms with Crippen molar-refractivity contribution in [1.82, 2.24) is 25.3 Å². The molecule has 7 N–H and O–H groups in total. The Hall–Kier alpha value is -2.37. The first-order valence-corrected chi connectivity index (χ1v) is 15.4. The molecule has 13 heteroatoms. The average molecular weight is 652 g/mol. The summed E-state index contributed by atoms with van der Waals surface area (Å²) in [6.45, 7) is 3.45. The average Bonchev–Trinajstić information content (AvgIpc) is 3.34. The summed E-state index contributed by atoms with van der Waals surface area (Å²) < 4.78 is 0. The highest BCUT2D eigenvalue weighted by Gasteiger charge is 2.33. The lowest BCUT2D eigenvalue weighted by Crippen LogP contribution is -2.52. The highest BCUT2D eigenvalue weighted by molar-refractivity contribution is 6.35. The summed E-state index contributed by atoms with van der Waals surface area (Å²) >= 11 is 24.3. The summed E-state index contributed by atoms with van der Waals surface area (Å²) in [5.41, 5.74) is 15.5. The minimum atomic E-state index is -0.342. The van der Waals surface area contributed by atoms with Gasteiger partial charge in [0.05, 0.1) is 0 Å². The van der Waals surface area contributed by atoms with Crippen LogP contribution >= 0.6 is 46.4 Å². The molecule has 0 atom stereocenters. The summed E-state index contributed by atoms with van der Waals surface area (Å²) in [5, 5.41) is 5.97. The van der Waals surface area contributed by atoms with E-state index in [9.17, 15) is 4.79 Å². The van der Waals surface area contributed by atoms with Gasteiger partial charge in [-0.05, 0) is 87.0 Å². The molecular weight excluding hydrogens is 618 g/mol. The predicted octanol–water partition coefficient (Wildman–Crippen LogP) is 5.11. The van der Waals surface area contributed by atoms with Crippen LogP contribution < -0.4 is 27.4 Å². The number of H-pyrrole nitrogens is 2. The maximum atomic E-state index is 11.5.